The van der Waals surface area contributed by atoms with Gasteiger partial charge in [0.25, 0.3) is 0 Å². The van der Waals surface area contributed by atoms with Gasteiger partial charge < -0.3 is 5.32 Å². The quantitative estimate of drug-likeness (QED) is 0.552. The van der Waals surface area contributed by atoms with Crippen molar-refractivity contribution in [3.63, 3.8) is 0 Å². The second-order valence-corrected chi connectivity index (χ2v) is 9.80. The van der Waals surface area contributed by atoms with Crippen molar-refractivity contribution in [3.8, 4) is 11.1 Å². The summed E-state index contributed by atoms with van der Waals surface area (Å²) in [5.41, 5.74) is 3.26. The van der Waals surface area contributed by atoms with E-state index in [0.717, 1.165) is 12.0 Å². The van der Waals surface area contributed by atoms with Crippen LogP contribution in [0, 0.1) is 6.92 Å². The number of hydrogen-bond donors (Lipinski definition) is 2. The molecule has 0 saturated carbocycles. The third-order valence-corrected chi connectivity index (χ3v) is 7.12. The lowest BCUT2D eigenvalue weighted by Gasteiger charge is -2.13. The average Bonchev–Trinajstić information content (AvgIpc) is 3.08. The van der Waals surface area contributed by atoms with Gasteiger partial charge in [0.15, 0.2) is 0 Å². The maximum absolute atomic E-state index is 13.2. The number of nitrogens with one attached hydrogen (secondary N) is 2. The molecule has 33 heavy (non-hydrogen) atoms. The van der Waals surface area contributed by atoms with Crippen molar-refractivity contribution in [2.24, 2.45) is 0 Å². The zero-order valence-corrected chi connectivity index (χ0v) is 19.4. The van der Waals surface area contributed by atoms with E-state index in [4.69, 9.17) is 0 Å². The van der Waals surface area contributed by atoms with Gasteiger partial charge in [-0.3, -0.25) is 9.59 Å². The van der Waals surface area contributed by atoms with Gasteiger partial charge in [0.1, 0.15) is 5.82 Å². The summed E-state index contributed by atoms with van der Waals surface area (Å²) >= 11 is 0. The van der Waals surface area contributed by atoms with Crippen molar-refractivity contribution < 1.29 is 18.0 Å². The van der Waals surface area contributed by atoms with Crippen molar-refractivity contribution in [1.29, 1.82) is 0 Å². The Labute approximate surface area is 193 Å². The molecule has 1 aromatic heterocycles. The number of anilines is 1. The second kappa shape index (κ2) is 9.29. The molecule has 0 aliphatic carbocycles. The molecule has 0 saturated heterocycles. The minimum atomic E-state index is -3.81. The maximum atomic E-state index is 13.2. The fourth-order valence-electron chi connectivity index (χ4n) is 3.89. The minimum absolute atomic E-state index is 0.0719. The summed E-state index contributed by atoms with van der Waals surface area (Å²) in [4.78, 5) is 24.9. The third-order valence-electron chi connectivity index (χ3n) is 5.58. The normalized spacial score (nSPS) is 14.0. The van der Waals surface area contributed by atoms with Crippen molar-refractivity contribution in [2.75, 3.05) is 5.32 Å². The zero-order valence-electron chi connectivity index (χ0n) is 18.6. The lowest BCUT2D eigenvalue weighted by atomic mass is 10.0. The lowest BCUT2D eigenvalue weighted by molar-refractivity contribution is -0.116. The first-order chi connectivity index (χ1) is 15.8. The number of sulfonamides is 1. The molecule has 0 fully saturated rings. The Kier molecular flexibility index (Phi) is 6.44. The van der Waals surface area contributed by atoms with Gasteiger partial charge in [-0.05, 0) is 36.1 Å². The van der Waals surface area contributed by atoms with Crippen molar-refractivity contribution in [3.05, 3.63) is 65.4 Å². The standard InChI is InChI=1S/C24H26N4O4S/c1-3-7-19-23(24-26-21(29)12-13-22(30)28(24)27-19)18-11-10-16(2)20(14-18)33(31,32)25-15-17-8-5-4-6-9-17/h4-6,8-11,14,25H,3,7,12-13,15H2,1-2H3,(H,26,29). The monoisotopic (exact) mass is 466 g/mol. The Hall–Kier alpha value is -3.30. The third kappa shape index (κ3) is 4.74. The Morgan fingerprint density at radius 3 is 2.58 bits per heavy atom. The first-order valence-corrected chi connectivity index (χ1v) is 12.4. The van der Waals surface area contributed by atoms with Crippen molar-refractivity contribution in [1.82, 2.24) is 14.5 Å². The van der Waals surface area contributed by atoms with Crippen LogP contribution in [-0.4, -0.2) is 30.0 Å². The van der Waals surface area contributed by atoms with Crippen molar-refractivity contribution in [2.45, 2.75) is 51.0 Å². The van der Waals surface area contributed by atoms with E-state index in [1.165, 1.54) is 4.68 Å². The predicted molar refractivity (Wildman–Crippen MR) is 125 cm³/mol. The highest BCUT2D eigenvalue weighted by atomic mass is 32.2. The van der Waals surface area contributed by atoms with E-state index in [1.54, 1.807) is 25.1 Å². The number of fused-ring (bicyclic) bond motifs is 1. The Bertz CT molecular complexity index is 1310. The molecule has 2 heterocycles. The zero-order chi connectivity index (χ0) is 23.6. The molecule has 2 N–H and O–H groups in total. The van der Waals surface area contributed by atoms with Crippen LogP contribution in [0.4, 0.5) is 5.82 Å². The van der Waals surface area contributed by atoms with Crippen LogP contribution in [-0.2, 0) is 27.8 Å². The molecule has 2 aromatic carbocycles. The van der Waals surface area contributed by atoms with Crippen molar-refractivity contribution >= 4 is 27.7 Å². The Balaban J connectivity index is 1.77. The molecule has 0 spiro atoms. The number of hydrogen-bond acceptors (Lipinski definition) is 5. The summed E-state index contributed by atoms with van der Waals surface area (Å²) in [5.74, 6) is -0.234. The van der Waals surface area contributed by atoms with E-state index in [1.807, 2.05) is 37.3 Å². The molecule has 9 heteroatoms. The number of nitrogens with zero attached hydrogens (tertiary/aromatic N) is 2. The number of rotatable bonds is 7. The summed E-state index contributed by atoms with van der Waals surface area (Å²) in [6.07, 6.45) is 1.52. The summed E-state index contributed by atoms with van der Waals surface area (Å²) in [6.45, 7) is 3.90. The summed E-state index contributed by atoms with van der Waals surface area (Å²) in [7, 11) is -3.81. The Morgan fingerprint density at radius 2 is 1.85 bits per heavy atom. The number of amides is 1. The van der Waals surface area contributed by atoms with Gasteiger partial charge in [-0.2, -0.15) is 9.78 Å². The van der Waals surface area contributed by atoms with Gasteiger partial charge in [-0.25, -0.2) is 13.1 Å². The molecule has 0 atom stereocenters. The van der Waals surface area contributed by atoms with Crippen LogP contribution in [0.15, 0.2) is 53.4 Å². The molecule has 4 rings (SSSR count). The first-order valence-electron chi connectivity index (χ1n) is 10.9. The molecule has 1 aliphatic rings. The van der Waals surface area contributed by atoms with Crippen LogP contribution in [0.25, 0.3) is 11.1 Å². The smallest absolute Gasteiger partial charge is 0.249 e. The summed E-state index contributed by atoms with van der Waals surface area (Å²) < 4.78 is 30.2. The fourth-order valence-corrected chi connectivity index (χ4v) is 5.18. The van der Waals surface area contributed by atoms with Crippen LogP contribution in [0.5, 0.6) is 0 Å². The van der Waals surface area contributed by atoms with Gasteiger partial charge in [0.2, 0.25) is 21.8 Å². The molecule has 3 aromatic rings. The van der Waals surface area contributed by atoms with Crippen LogP contribution in [0.3, 0.4) is 0 Å². The average molecular weight is 467 g/mol. The number of benzene rings is 2. The Morgan fingerprint density at radius 1 is 1.09 bits per heavy atom. The van der Waals surface area contributed by atoms with E-state index < -0.39 is 10.0 Å². The highest BCUT2D eigenvalue weighted by molar-refractivity contribution is 7.89. The maximum Gasteiger partial charge on any atom is 0.249 e. The highest BCUT2D eigenvalue weighted by Gasteiger charge is 2.28. The molecular formula is C24H26N4O4S. The van der Waals surface area contributed by atoms with Gasteiger partial charge in [-0.1, -0.05) is 55.8 Å². The van der Waals surface area contributed by atoms with Crippen LogP contribution in [0.1, 0.15) is 47.8 Å². The number of aromatic nitrogens is 2. The van der Waals surface area contributed by atoms with Gasteiger partial charge >= 0.3 is 0 Å². The second-order valence-electron chi connectivity index (χ2n) is 8.06. The van der Waals surface area contributed by atoms with Crippen LogP contribution in [0.2, 0.25) is 0 Å². The first kappa shape index (κ1) is 22.9. The topological polar surface area (TPSA) is 110 Å². The molecule has 1 amide bonds. The van der Waals surface area contributed by atoms with E-state index in [-0.39, 0.29) is 36.1 Å². The largest absolute Gasteiger partial charge is 0.310 e. The predicted octanol–water partition coefficient (Wildman–Crippen LogP) is 3.66. The number of carbonyl (C=O) groups is 2. The molecule has 1 aliphatic heterocycles. The SMILES string of the molecule is CCCc1nn2c(c1-c1ccc(C)c(S(=O)(=O)NCc3ccccc3)c1)NC(=O)CCC2=O. The van der Waals surface area contributed by atoms with E-state index in [9.17, 15) is 18.0 Å². The molecule has 172 valence electrons. The lowest BCUT2D eigenvalue weighted by Crippen LogP contribution is -2.24. The number of aryl methyl sites for hydroxylation is 2. The van der Waals surface area contributed by atoms with E-state index in [0.29, 0.717) is 34.6 Å². The molecule has 8 nitrogen and oxygen atoms in total. The summed E-state index contributed by atoms with van der Waals surface area (Å²) in [6, 6.07) is 14.4. The van der Waals surface area contributed by atoms with E-state index >= 15 is 0 Å². The minimum Gasteiger partial charge on any atom is -0.310 e. The van der Waals surface area contributed by atoms with Crippen LogP contribution >= 0.6 is 0 Å². The van der Waals surface area contributed by atoms with Crippen LogP contribution < -0.4 is 10.0 Å². The number of carbonyl (C=O) groups excluding carboxylic acids is 2. The van der Waals surface area contributed by atoms with Gasteiger partial charge in [0, 0.05) is 24.9 Å². The van der Waals surface area contributed by atoms with Gasteiger partial charge in [0.05, 0.1) is 10.6 Å². The molecule has 0 radical (unpaired) electrons. The highest BCUT2D eigenvalue weighted by Crippen LogP contribution is 2.36. The van der Waals surface area contributed by atoms with E-state index in [2.05, 4.69) is 15.1 Å². The van der Waals surface area contributed by atoms with Gasteiger partial charge in [-0.15, -0.1) is 0 Å². The molecular weight excluding hydrogens is 440 g/mol. The summed E-state index contributed by atoms with van der Waals surface area (Å²) in [5, 5.41) is 7.26. The molecule has 0 unspecified atom stereocenters. The fraction of sp³-hybridized carbons (Fsp3) is 0.292. The molecule has 0 bridgehead atoms.